The van der Waals surface area contributed by atoms with E-state index in [1.54, 1.807) is 43.0 Å². The van der Waals surface area contributed by atoms with Crippen molar-refractivity contribution in [3.8, 4) is 11.4 Å². The van der Waals surface area contributed by atoms with E-state index >= 15 is 0 Å². The van der Waals surface area contributed by atoms with Crippen molar-refractivity contribution < 1.29 is 9.53 Å². The molecule has 0 fully saturated rings. The van der Waals surface area contributed by atoms with E-state index in [0.29, 0.717) is 30.9 Å². The van der Waals surface area contributed by atoms with E-state index in [1.165, 1.54) is 27.7 Å². The fourth-order valence-electron chi connectivity index (χ4n) is 3.09. The molecule has 32 heavy (non-hydrogen) atoms. The summed E-state index contributed by atoms with van der Waals surface area (Å²) in [7, 11) is 3.22. The van der Waals surface area contributed by atoms with Gasteiger partial charge in [-0.25, -0.2) is 4.98 Å². The van der Waals surface area contributed by atoms with E-state index in [-0.39, 0.29) is 17.2 Å². The number of carbonyl (C=O) groups is 1. The van der Waals surface area contributed by atoms with Crippen LogP contribution in [-0.4, -0.2) is 32.9 Å². The Morgan fingerprint density at radius 2 is 2.00 bits per heavy atom. The molecule has 0 aliphatic heterocycles. The number of methoxy groups -OCH3 is 1. The first-order valence-corrected chi connectivity index (χ1v) is 11.8. The quantitative estimate of drug-likeness (QED) is 0.246. The minimum absolute atomic E-state index is 0.0956. The van der Waals surface area contributed by atoms with Crippen molar-refractivity contribution >= 4 is 57.3 Å². The van der Waals surface area contributed by atoms with E-state index < -0.39 is 0 Å². The fraction of sp³-hybridized carbons (Fsp3) is 0.182. The molecule has 0 spiro atoms. The van der Waals surface area contributed by atoms with Gasteiger partial charge in [-0.2, -0.15) is 0 Å². The summed E-state index contributed by atoms with van der Waals surface area (Å²) in [4.78, 5) is 30.1. The van der Waals surface area contributed by atoms with E-state index in [2.05, 4.69) is 5.32 Å². The molecule has 0 radical (unpaired) electrons. The second-order valence-corrected chi connectivity index (χ2v) is 9.61. The van der Waals surface area contributed by atoms with Gasteiger partial charge < -0.3 is 10.1 Å². The first-order valence-electron chi connectivity index (χ1n) is 9.63. The lowest BCUT2D eigenvalue weighted by Crippen LogP contribution is -2.21. The number of ether oxygens (including phenoxy) is 1. The number of thioether (sulfide) groups is 1. The molecule has 4 aromatic rings. The van der Waals surface area contributed by atoms with Crippen LogP contribution in [0.1, 0.15) is 5.56 Å². The first-order chi connectivity index (χ1) is 15.4. The largest absolute Gasteiger partial charge is 0.497 e. The van der Waals surface area contributed by atoms with Crippen LogP contribution in [0, 0.1) is 10.9 Å². The summed E-state index contributed by atoms with van der Waals surface area (Å²) in [6.45, 7) is 2.01. The molecule has 7 nitrogen and oxygen atoms in total. The standard InChI is InChI=1S/C22H20N4O3S3/c1-13-7-9-15(10-8-13)26-19-18(32-22(26)30)20(28)25(2)21(24-19)31-12-17(27)23-14-5-4-6-16(11-14)29-3/h4-11H,12H2,1-3H3,(H,23,27). The molecule has 0 unspecified atom stereocenters. The normalized spacial score (nSPS) is 11.0. The maximum absolute atomic E-state index is 13.0. The van der Waals surface area contributed by atoms with Crippen molar-refractivity contribution in [1.82, 2.24) is 14.1 Å². The minimum Gasteiger partial charge on any atom is -0.497 e. The highest BCUT2D eigenvalue weighted by Crippen LogP contribution is 2.26. The Bertz CT molecular complexity index is 1420. The molecule has 0 aliphatic carbocycles. The predicted molar refractivity (Wildman–Crippen MR) is 132 cm³/mol. The molecule has 0 bridgehead atoms. The molecular weight excluding hydrogens is 464 g/mol. The summed E-state index contributed by atoms with van der Waals surface area (Å²) < 4.78 is 9.47. The zero-order chi connectivity index (χ0) is 22.8. The Morgan fingerprint density at radius 1 is 1.25 bits per heavy atom. The van der Waals surface area contributed by atoms with Crippen molar-refractivity contribution in [2.75, 3.05) is 18.2 Å². The molecule has 0 aliphatic rings. The van der Waals surface area contributed by atoms with Crippen molar-refractivity contribution in [3.63, 3.8) is 0 Å². The third kappa shape index (κ3) is 4.47. The SMILES string of the molecule is COc1cccc(NC(=O)CSc2nc3c(sc(=S)n3-c3ccc(C)cc3)c(=O)n2C)c1. The van der Waals surface area contributed by atoms with Gasteiger partial charge in [0.15, 0.2) is 14.8 Å². The Balaban J connectivity index is 1.62. The maximum atomic E-state index is 13.0. The Hall–Kier alpha value is -2.95. The predicted octanol–water partition coefficient (Wildman–Crippen LogP) is 4.56. The van der Waals surface area contributed by atoms with Gasteiger partial charge in [-0.15, -0.1) is 0 Å². The van der Waals surface area contributed by atoms with Gasteiger partial charge in [-0.3, -0.25) is 18.7 Å². The van der Waals surface area contributed by atoms with Crippen LogP contribution < -0.4 is 15.6 Å². The lowest BCUT2D eigenvalue weighted by atomic mass is 10.2. The van der Waals surface area contributed by atoms with Crippen molar-refractivity contribution in [1.29, 1.82) is 0 Å². The van der Waals surface area contributed by atoms with Gasteiger partial charge in [0, 0.05) is 24.5 Å². The molecule has 4 rings (SSSR count). The Labute approximate surface area is 197 Å². The average molecular weight is 485 g/mol. The van der Waals surface area contributed by atoms with Crippen molar-refractivity contribution in [2.24, 2.45) is 7.05 Å². The van der Waals surface area contributed by atoms with E-state index in [4.69, 9.17) is 21.9 Å². The number of carbonyl (C=O) groups excluding carboxylic acids is 1. The number of benzene rings is 2. The highest BCUT2D eigenvalue weighted by molar-refractivity contribution is 7.99. The molecule has 0 saturated carbocycles. The summed E-state index contributed by atoms with van der Waals surface area (Å²) in [6, 6.07) is 15.0. The van der Waals surface area contributed by atoms with Crippen LogP contribution in [0.4, 0.5) is 5.69 Å². The third-order valence-electron chi connectivity index (χ3n) is 4.75. The molecule has 1 N–H and O–H groups in total. The van der Waals surface area contributed by atoms with Crippen molar-refractivity contribution in [3.05, 3.63) is 68.4 Å². The third-order valence-corrected chi connectivity index (χ3v) is 7.13. The number of fused-ring (bicyclic) bond motifs is 1. The maximum Gasteiger partial charge on any atom is 0.273 e. The molecular formula is C22H20N4O3S3. The fourth-order valence-corrected chi connectivity index (χ4v) is 5.20. The summed E-state index contributed by atoms with van der Waals surface area (Å²) in [6.07, 6.45) is 0. The van der Waals surface area contributed by atoms with Gasteiger partial charge in [0.05, 0.1) is 12.9 Å². The van der Waals surface area contributed by atoms with Crippen LogP contribution in [0.15, 0.2) is 58.5 Å². The van der Waals surface area contributed by atoms with Crippen LogP contribution in [0.3, 0.4) is 0 Å². The van der Waals surface area contributed by atoms with Gasteiger partial charge in [0.25, 0.3) is 5.56 Å². The number of amides is 1. The number of aryl methyl sites for hydroxylation is 1. The van der Waals surface area contributed by atoms with Crippen LogP contribution in [0.2, 0.25) is 0 Å². The molecule has 2 aromatic heterocycles. The zero-order valence-electron chi connectivity index (χ0n) is 17.6. The molecule has 0 atom stereocenters. The van der Waals surface area contributed by atoms with E-state index in [9.17, 15) is 9.59 Å². The number of anilines is 1. The smallest absolute Gasteiger partial charge is 0.273 e. The molecule has 1 amide bonds. The highest BCUT2D eigenvalue weighted by atomic mass is 32.2. The first kappa shape index (κ1) is 22.3. The summed E-state index contributed by atoms with van der Waals surface area (Å²) in [5, 5.41) is 3.27. The molecule has 164 valence electrons. The number of nitrogens with one attached hydrogen (secondary N) is 1. The Morgan fingerprint density at radius 3 is 2.72 bits per heavy atom. The van der Waals surface area contributed by atoms with Crippen molar-refractivity contribution in [2.45, 2.75) is 12.1 Å². The molecule has 0 saturated heterocycles. The monoisotopic (exact) mass is 484 g/mol. The van der Waals surface area contributed by atoms with Gasteiger partial charge in [0.1, 0.15) is 10.4 Å². The lowest BCUT2D eigenvalue weighted by molar-refractivity contribution is -0.113. The summed E-state index contributed by atoms with van der Waals surface area (Å²) in [5.74, 6) is 0.541. The second-order valence-electron chi connectivity index (χ2n) is 7.02. The topological polar surface area (TPSA) is 78.2 Å². The molecule has 10 heteroatoms. The summed E-state index contributed by atoms with van der Waals surface area (Å²) >= 11 is 7.96. The number of nitrogens with zero attached hydrogens (tertiary/aromatic N) is 3. The molecule has 2 heterocycles. The average Bonchev–Trinajstić information content (AvgIpc) is 3.12. The number of aromatic nitrogens is 3. The zero-order valence-corrected chi connectivity index (χ0v) is 20.1. The van der Waals surface area contributed by atoms with E-state index in [0.717, 1.165) is 11.3 Å². The van der Waals surface area contributed by atoms with Gasteiger partial charge in [-0.05, 0) is 43.4 Å². The number of rotatable bonds is 6. The van der Waals surface area contributed by atoms with Gasteiger partial charge in [0.2, 0.25) is 5.91 Å². The highest BCUT2D eigenvalue weighted by Gasteiger charge is 2.17. The van der Waals surface area contributed by atoms with E-state index in [1.807, 2.05) is 31.2 Å². The minimum atomic E-state index is -0.210. The summed E-state index contributed by atoms with van der Waals surface area (Å²) in [5.41, 5.74) is 2.93. The lowest BCUT2D eigenvalue weighted by Gasteiger charge is -2.10. The van der Waals surface area contributed by atoms with Crippen LogP contribution in [-0.2, 0) is 11.8 Å². The van der Waals surface area contributed by atoms with Gasteiger partial charge in [-0.1, -0.05) is 46.9 Å². The van der Waals surface area contributed by atoms with Crippen LogP contribution >= 0.6 is 35.3 Å². The number of hydrogen-bond acceptors (Lipinski definition) is 7. The van der Waals surface area contributed by atoms with Crippen LogP contribution in [0.25, 0.3) is 16.0 Å². The number of thiazole rings is 1. The Kier molecular flexibility index (Phi) is 6.45. The van der Waals surface area contributed by atoms with Gasteiger partial charge >= 0.3 is 0 Å². The second kappa shape index (κ2) is 9.27. The number of hydrogen-bond donors (Lipinski definition) is 1. The molecule has 2 aromatic carbocycles. The van der Waals surface area contributed by atoms with Crippen LogP contribution in [0.5, 0.6) is 5.75 Å².